The average molecular weight is 122 g/mol. The molecular formula is C9H14. The van der Waals surface area contributed by atoms with Gasteiger partial charge in [-0.3, -0.25) is 0 Å². The molecule has 1 aliphatic rings. The minimum absolute atomic E-state index is 0.704. The number of rotatable bonds is 1. The zero-order valence-electron chi connectivity index (χ0n) is 6.44. The van der Waals surface area contributed by atoms with Crippen LogP contribution < -0.4 is 0 Å². The molecule has 0 nitrogen and oxygen atoms in total. The maximum atomic E-state index is 2.32. The molecule has 0 heteroatoms. The molecule has 0 heterocycles. The first kappa shape index (κ1) is 6.60. The molecular weight excluding hydrogens is 108 g/mol. The van der Waals surface area contributed by atoms with Crippen LogP contribution in [0.1, 0.15) is 27.2 Å². The molecule has 50 valence electrons. The van der Waals surface area contributed by atoms with Gasteiger partial charge in [-0.1, -0.05) is 37.1 Å². The van der Waals surface area contributed by atoms with Crippen molar-refractivity contribution in [1.29, 1.82) is 0 Å². The lowest BCUT2D eigenvalue weighted by Crippen LogP contribution is -1.87. The van der Waals surface area contributed by atoms with Crippen molar-refractivity contribution in [2.45, 2.75) is 27.2 Å². The van der Waals surface area contributed by atoms with Crippen LogP contribution >= 0.6 is 0 Å². The van der Waals surface area contributed by atoms with Crippen molar-refractivity contribution >= 4 is 0 Å². The second-order valence-electron chi connectivity index (χ2n) is 2.77. The predicted octanol–water partition coefficient (Wildman–Crippen LogP) is 2.92. The van der Waals surface area contributed by atoms with E-state index in [2.05, 4.69) is 32.9 Å². The van der Waals surface area contributed by atoms with Gasteiger partial charge in [0.05, 0.1) is 0 Å². The molecule has 1 unspecified atom stereocenters. The van der Waals surface area contributed by atoms with E-state index in [-0.39, 0.29) is 0 Å². The van der Waals surface area contributed by atoms with E-state index < -0.39 is 0 Å². The van der Waals surface area contributed by atoms with Crippen LogP contribution in [0.5, 0.6) is 0 Å². The average Bonchev–Trinajstić information content (AvgIpc) is 2.10. The minimum Gasteiger partial charge on any atom is -0.0747 e. The lowest BCUT2D eigenvalue weighted by atomic mass is 10.0. The third-order valence-electron chi connectivity index (χ3n) is 1.92. The van der Waals surface area contributed by atoms with Crippen molar-refractivity contribution in [3.05, 3.63) is 23.3 Å². The van der Waals surface area contributed by atoms with Crippen molar-refractivity contribution in [2.24, 2.45) is 5.92 Å². The Labute approximate surface area is 57.3 Å². The van der Waals surface area contributed by atoms with E-state index in [0.717, 1.165) is 0 Å². The highest BCUT2D eigenvalue weighted by atomic mass is 14.1. The molecule has 0 aromatic heterocycles. The Morgan fingerprint density at radius 1 is 1.56 bits per heavy atom. The molecule has 1 aliphatic carbocycles. The fraction of sp³-hybridized carbons (Fsp3) is 0.556. The van der Waals surface area contributed by atoms with E-state index in [1.54, 1.807) is 5.57 Å². The SMILES string of the molecule is CCC1=CC(C)=CC1C. The first-order valence-corrected chi connectivity index (χ1v) is 3.63. The summed E-state index contributed by atoms with van der Waals surface area (Å²) in [7, 11) is 0. The molecule has 0 radical (unpaired) electrons. The summed E-state index contributed by atoms with van der Waals surface area (Å²) in [5, 5.41) is 0. The summed E-state index contributed by atoms with van der Waals surface area (Å²) in [6, 6.07) is 0. The van der Waals surface area contributed by atoms with Gasteiger partial charge in [0.2, 0.25) is 0 Å². The summed E-state index contributed by atoms with van der Waals surface area (Å²) in [4.78, 5) is 0. The van der Waals surface area contributed by atoms with Gasteiger partial charge in [0.1, 0.15) is 0 Å². The van der Waals surface area contributed by atoms with Crippen molar-refractivity contribution in [2.75, 3.05) is 0 Å². The highest BCUT2D eigenvalue weighted by molar-refractivity contribution is 5.33. The van der Waals surface area contributed by atoms with Crippen LogP contribution in [0.25, 0.3) is 0 Å². The maximum absolute atomic E-state index is 2.32. The van der Waals surface area contributed by atoms with E-state index in [4.69, 9.17) is 0 Å². The minimum atomic E-state index is 0.704. The van der Waals surface area contributed by atoms with Crippen LogP contribution in [0.3, 0.4) is 0 Å². The summed E-state index contributed by atoms with van der Waals surface area (Å²) >= 11 is 0. The summed E-state index contributed by atoms with van der Waals surface area (Å²) in [6.07, 6.45) is 5.82. The topological polar surface area (TPSA) is 0 Å². The van der Waals surface area contributed by atoms with Crippen LogP contribution in [0.2, 0.25) is 0 Å². The zero-order valence-corrected chi connectivity index (χ0v) is 6.44. The standard InChI is InChI=1S/C9H14/c1-4-9-6-7(2)5-8(9)3/h5-6,8H,4H2,1-3H3. The Balaban J connectivity index is 2.70. The van der Waals surface area contributed by atoms with Crippen molar-refractivity contribution in [3.63, 3.8) is 0 Å². The summed E-state index contributed by atoms with van der Waals surface area (Å²) in [6.45, 7) is 6.64. The first-order valence-electron chi connectivity index (χ1n) is 3.63. The van der Waals surface area contributed by atoms with E-state index >= 15 is 0 Å². The summed E-state index contributed by atoms with van der Waals surface area (Å²) < 4.78 is 0. The molecule has 0 aromatic carbocycles. The van der Waals surface area contributed by atoms with E-state index in [1.165, 1.54) is 12.0 Å². The summed E-state index contributed by atoms with van der Waals surface area (Å²) in [5.41, 5.74) is 3.01. The Morgan fingerprint density at radius 3 is 2.44 bits per heavy atom. The molecule has 0 aromatic rings. The van der Waals surface area contributed by atoms with Gasteiger partial charge >= 0.3 is 0 Å². The van der Waals surface area contributed by atoms with Crippen molar-refractivity contribution in [3.8, 4) is 0 Å². The largest absolute Gasteiger partial charge is 0.0747 e. The zero-order chi connectivity index (χ0) is 6.85. The fourth-order valence-corrected chi connectivity index (χ4v) is 1.40. The second kappa shape index (κ2) is 2.38. The van der Waals surface area contributed by atoms with E-state index in [0.29, 0.717) is 5.92 Å². The van der Waals surface area contributed by atoms with Gasteiger partial charge < -0.3 is 0 Å². The quantitative estimate of drug-likeness (QED) is 0.501. The van der Waals surface area contributed by atoms with Gasteiger partial charge in [-0.05, 0) is 19.3 Å². The normalized spacial score (nSPS) is 25.9. The van der Waals surface area contributed by atoms with Gasteiger partial charge in [0.25, 0.3) is 0 Å². The molecule has 0 fully saturated rings. The molecule has 1 atom stereocenters. The van der Waals surface area contributed by atoms with Crippen molar-refractivity contribution in [1.82, 2.24) is 0 Å². The number of hydrogen-bond donors (Lipinski definition) is 0. The Morgan fingerprint density at radius 2 is 2.22 bits per heavy atom. The molecule has 0 spiro atoms. The molecule has 9 heavy (non-hydrogen) atoms. The van der Waals surface area contributed by atoms with Crippen LogP contribution in [0.4, 0.5) is 0 Å². The molecule has 1 rings (SSSR count). The van der Waals surface area contributed by atoms with Crippen LogP contribution in [-0.2, 0) is 0 Å². The molecule has 0 saturated carbocycles. The Bertz CT molecular complexity index is 161. The van der Waals surface area contributed by atoms with Crippen molar-refractivity contribution < 1.29 is 0 Å². The van der Waals surface area contributed by atoms with Gasteiger partial charge in [0, 0.05) is 0 Å². The van der Waals surface area contributed by atoms with Crippen LogP contribution in [0, 0.1) is 5.92 Å². The maximum Gasteiger partial charge on any atom is -0.00428 e. The lowest BCUT2D eigenvalue weighted by molar-refractivity contribution is 0.826. The third kappa shape index (κ3) is 1.24. The monoisotopic (exact) mass is 122 g/mol. The van der Waals surface area contributed by atoms with Gasteiger partial charge in [-0.15, -0.1) is 0 Å². The second-order valence-corrected chi connectivity index (χ2v) is 2.77. The lowest BCUT2D eigenvalue weighted by Gasteiger charge is -2.01. The number of hydrogen-bond acceptors (Lipinski definition) is 0. The summed E-state index contributed by atoms with van der Waals surface area (Å²) in [5.74, 6) is 0.704. The fourth-order valence-electron chi connectivity index (χ4n) is 1.40. The van der Waals surface area contributed by atoms with Gasteiger partial charge in [-0.25, -0.2) is 0 Å². The molecule has 0 bridgehead atoms. The first-order chi connectivity index (χ1) is 4.24. The Kier molecular flexibility index (Phi) is 1.75. The highest BCUT2D eigenvalue weighted by Crippen LogP contribution is 2.25. The smallest absolute Gasteiger partial charge is 0.00428 e. The van der Waals surface area contributed by atoms with Gasteiger partial charge in [0.15, 0.2) is 0 Å². The van der Waals surface area contributed by atoms with Gasteiger partial charge in [-0.2, -0.15) is 0 Å². The van der Waals surface area contributed by atoms with Crippen LogP contribution in [0.15, 0.2) is 23.3 Å². The Hall–Kier alpha value is -0.520. The van der Waals surface area contributed by atoms with Crippen LogP contribution in [-0.4, -0.2) is 0 Å². The molecule has 0 N–H and O–H groups in total. The molecule has 0 aliphatic heterocycles. The van der Waals surface area contributed by atoms with E-state index in [9.17, 15) is 0 Å². The predicted molar refractivity (Wildman–Crippen MR) is 41.3 cm³/mol. The third-order valence-corrected chi connectivity index (χ3v) is 1.92. The number of allylic oxidation sites excluding steroid dienone is 4. The molecule has 0 amide bonds. The van der Waals surface area contributed by atoms with E-state index in [1.807, 2.05) is 0 Å². The highest BCUT2D eigenvalue weighted by Gasteiger charge is 2.08. The molecule has 0 saturated heterocycles.